The Kier molecular flexibility index (Phi) is 5.49. The third-order valence-electron chi connectivity index (χ3n) is 2.43. The van der Waals surface area contributed by atoms with E-state index in [1.165, 1.54) is 5.56 Å². The molecule has 1 aromatic carbocycles. The van der Waals surface area contributed by atoms with E-state index in [9.17, 15) is 4.79 Å². The molecule has 1 amide bonds. The van der Waals surface area contributed by atoms with Gasteiger partial charge in [-0.15, -0.1) is 0 Å². The Hall–Kier alpha value is -0.870. The highest BCUT2D eigenvalue weighted by Crippen LogP contribution is 2.17. The molecule has 0 aromatic heterocycles. The predicted octanol–water partition coefficient (Wildman–Crippen LogP) is 2.24. The second-order valence-electron chi connectivity index (χ2n) is 3.65. The second kappa shape index (κ2) is 6.66. The molecule has 88 valence electrons. The zero-order chi connectivity index (χ0) is 12.0. The zero-order valence-corrected chi connectivity index (χ0v) is 11.2. The molecule has 3 nitrogen and oxygen atoms in total. The van der Waals surface area contributed by atoms with Crippen LogP contribution in [-0.2, 0) is 4.79 Å². The lowest BCUT2D eigenvalue weighted by atomic mass is 10.1. The average Bonchev–Trinajstić information content (AvgIpc) is 2.28. The van der Waals surface area contributed by atoms with Gasteiger partial charge >= 0.3 is 0 Å². The molecule has 4 heteroatoms. The molecule has 2 N–H and O–H groups in total. The minimum atomic E-state index is 0.0638. The number of amides is 1. The van der Waals surface area contributed by atoms with E-state index in [1.54, 1.807) is 7.05 Å². The highest BCUT2D eigenvalue weighted by atomic mass is 79.9. The Labute approximate surface area is 105 Å². The van der Waals surface area contributed by atoms with E-state index in [2.05, 4.69) is 45.6 Å². The number of benzene rings is 1. The van der Waals surface area contributed by atoms with Gasteiger partial charge in [0, 0.05) is 30.5 Å². The van der Waals surface area contributed by atoms with Crippen LogP contribution in [0.15, 0.2) is 28.7 Å². The molecule has 0 aliphatic rings. The molecule has 1 atom stereocenters. The van der Waals surface area contributed by atoms with Crippen LogP contribution in [0, 0.1) is 0 Å². The van der Waals surface area contributed by atoms with E-state index < -0.39 is 0 Å². The van der Waals surface area contributed by atoms with Crippen molar-refractivity contribution in [2.24, 2.45) is 0 Å². The van der Waals surface area contributed by atoms with Crippen molar-refractivity contribution in [1.29, 1.82) is 0 Å². The first-order valence-electron chi connectivity index (χ1n) is 5.33. The molecule has 16 heavy (non-hydrogen) atoms. The van der Waals surface area contributed by atoms with Gasteiger partial charge < -0.3 is 10.6 Å². The molecule has 0 aliphatic heterocycles. The van der Waals surface area contributed by atoms with Gasteiger partial charge in [0.15, 0.2) is 0 Å². The molecule has 1 rings (SSSR count). The van der Waals surface area contributed by atoms with Crippen LogP contribution in [0.1, 0.15) is 24.9 Å². The Morgan fingerprint density at radius 3 is 2.88 bits per heavy atom. The number of hydrogen-bond acceptors (Lipinski definition) is 2. The van der Waals surface area contributed by atoms with Gasteiger partial charge in [-0.3, -0.25) is 4.79 Å². The van der Waals surface area contributed by atoms with Gasteiger partial charge in [0.05, 0.1) is 0 Å². The lowest BCUT2D eigenvalue weighted by Crippen LogP contribution is -2.26. The summed E-state index contributed by atoms with van der Waals surface area (Å²) < 4.78 is 1.07. The van der Waals surface area contributed by atoms with E-state index in [0.29, 0.717) is 13.0 Å². The lowest BCUT2D eigenvalue weighted by molar-refractivity contribution is -0.120. The molecule has 0 radical (unpaired) electrons. The molecule has 0 spiro atoms. The molecule has 0 fully saturated rings. The van der Waals surface area contributed by atoms with Crippen molar-refractivity contribution >= 4 is 21.8 Å². The number of rotatable bonds is 5. The third kappa shape index (κ3) is 4.33. The maximum absolute atomic E-state index is 11.0. The second-order valence-corrected chi connectivity index (χ2v) is 4.57. The topological polar surface area (TPSA) is 41.1 Å². The average molecular weight is 285 g/mol. The summed E-state index contributed by atoms with van der Waals surface area (Å²) in [5.41, 5.74) is 1.21. The zero-order valence-electron chi connectivity index (χ0n) is 9.59. The summed E-state index contributed by atoms with van der Waals surface area (Å²) in [6, 6.07) is 8.42. The summed E-state index contributed by atoms with van der Waals surface area (Å²) in [6.45, 7) is 2.78. The Morgan fingerprint density at radius 1 is 1.50 bits per heavy atom. The molecule has 0 saturated heterocycles. The van der Waals surface area contributed by atoms with Crippen molar-refractivity contribution in [3.05, 3.63) is 34.3 Å². The van der Waals surface area contributed by atoms with Crippen LogP contribution in [0.25, 0.3) is 0 Å². The quantitative estimate of drug-likeness (QED) is 0.871. The van der Waals surface area contributed by atoms with Gasteiger partial charge in [0.1, 0.15) is 0 Å². The molecule has 0 heterocycles. The first-order valence-corrected chi connectivity index (χ1v) is 6.12. The lowest BCUT2D eigenvalue weighted by Gasteiger charge is -2.14. The van der Waals surface area contributed by atoms with Crippen LogP contribution in [0.3, 0.4) is 0 Å². The first kappa shape index (κ1) is 13.2. The fourth-order valence-corrected chi connectivity index (χ4v) is 1.84. The smallest absolute Gasteiger partial charge is 0.221 e. The standard InChI is InChI=1S/C12H17BrN2O/c1-9(15-7-6-12(16)14-2)10-4-3-5-11(13)8-10/h3-5,8-9,15H,6-7H2,1-2H3,(H,14,16)/t9-/m0/s1. The van der Waals surface area contributed by atoms with Gasteiger partial charge in [-0.05, 0) is 24.6 Å². The highest BCUT2D eigenvalue weighted by Gasteiger charge is 2.05. The molecule has 1 aromatic rings. The van der Waals surface area contributed by atoms with Crippen LogP contribution in [0.2, 0.25) is 0 Å². The number of halogens is 1. The maximum Gasteiger partial charge on any atom is 0.221 e. The fraction of sp³-hybridized carbons (Fsp3) is 0.417. The Morgan fingerprint density at radius 2 is 2.25 bits per heavy atom. The van der Waals surface area contributed by atoms with Crippen LogP contribution in [-0.4, -0.2) is 19.5 Å². The van der Waals surface area contributed by atoms with Crippen LogP contribution < -0.4 is 10.6 Å². The summed E-state index contributed by atoms with van der Waals surface area (Å²) in [6.07, 6.45) is 0.509. The number of carbonyl (C=O) groups excluding carboxylic acids is 1. The van der Waals surface area contributed by atoms with Gasteiger partial charge in [-0.1, -0.05) is 28.1 Å². The molecule has 0 saturated carbocycles. The summed E-state index contributed by atoms with van der Waals surface area (Å²) >= 11 is 3.44. The maximum atomic E-state index is 11.0. The van der Waals surface area contributed by atoms with E-state index in [4.69, 9.17) is 0 Å². The number of carbonyl (C=O) groups is 1. The van der Waals surface area contributed by atoms with Crippen molar-refractivity contribution in [2.45, 2.75) is 19.4 Å². The minimum Gasteiger partial charge on any atom is -0.359 e. The Balaban J connectivity index is 2.40. The summed E-state index contributed by atoms with van der Waals surface area (Å²) in [7, 11) is 1.65. The summed E-state index contributed by atoms with van der Waals surface area (Å²) in [5.74, 6) is 0.0638. The van der Waals surface area contributed by atoms with E-state index in [0.717, 1.165) is 4.47 Å². The SMILES string of the molecule is CNC(=O)CCN[C@@H](C)c1cccc(Br)c1. The largest absolute Gasteiger partial charge is 0.359 e. The van der Waals surface area contributed by atoms with Crippen molar-refractivity contribution in [3.63, 3.8) is 0 Å². The van der Waals surface area contributed by atoms with Gasteiger partial charge in [0.2, 0.25) is 5.91 Å². The molecular formula is C12H17BrN2O. The van der Waals surface area contributed by atoms with Crippen LogP contribution in [0.4, 0.5) is 0 Å². The molecule has 0 unspecified atom stereocenters. The molecule has 0 bridgehead atoms. The van der Waals surface area contributed by atoms with E-state index in [-0.39, 0.29) is 11.9 Å². The first-order chi connectivity index (χ1) is 7.63. The molecular weight excluding hydrogens is 268 g/mol. The van der Waals surface area contributed by atoms with Gasteiger partial charge in [-0.25, -0.2) is 0 Å². The number of hydrogen-bond donors (Lipinski definition) is 2. The van der Waals surface area contributed by atoms with Gasteiger partial charge in [-0.2, -0.15) is 0 Å². The van der Waals surface area contributed by atoms with Crippen LogP contribution >= 0.6 is 15.9 Å². The fourth-order valence-electron chi connectivity index (χ4n) is 1.42. The van der Waals surface area contributed by atoms with Crippen molar-refractivity contribution in [1.82, 2.24) is 10.6 Å². The van der Waals surface area contributed by atoms with Crippen molar-refractivity contribution in [3.8, 4) is 0 Å². The van der Waals surface area contributed by atoms with Crippen molar-refractivity contribution in [2.75, 3.05) is 13.6 Å². The summed E-state index contributed by atoms with van der Waals surface area (Å²) in [4.78, 5) is 11.0. The van der Waals surface area contributed by atoms with E-state index in [1.807, 2.05) is 12.1 Å². The highest BCUT2D eigenvalue weighted by molar-refractivity contribution is 9.10. The number of nitrogens with one attached hydrogen (secondary N) is 2. The minimum absolute atomic E-state index is 0.0638. The van der Waals surface area contributed by atoms with Crippen molar-refractivity contribution < 1.29 is 4.79 Å². The predicted molar refractivity (Wildman–Crippen MR) is 69.2 cm³/mol. The van der Waals surface area contributed by atoms with E-state index >= 15 is 0 Å². The van der Waals surface area contributed by atoms with Gasteiger partial charge in [0.25, 0.3) is 0 Å². The normalized spacial score (nSPS) is 12.2. The van der Waals surface area contributed by atoms with Crippen LogP contribution in [0.5, 0.6) is 0 Å². The Bertz CT molecular complexity index is 355. The molecule has 0 aliphatic carbocycles. The summed E-state index contributed by atoms with van der Waals surface area (Å²) in [5, 5.41) is 5.91. The third-order valence-corrected chi connectivity index (χ3v) is 2.92. The monoisotopic (exact) mass is 284 g/mol.